The van der Waals surface area contributed by atoms with Gasteiger partial charge in [-0.3, -0.25) is 19.4 Å². The maximum atomic E-state index is 12.5. The Balaban J connectivity index is 1.15. The molecule has 30 heavy (non-hydrogen) atoms. The predicted molar refractivity (Wildman–Crippen MR) is 110 cm³/mol. The molecule has 0 amide bonds. The van der Waals surface area contributed by atoms with Gasteiger partial charge in [0.1, 0.15) is 11.0 Å². The summed E-state index contributed by atoms with van der Waals surface area (Å²) in [5, 5.41) is 0. The Labute approximate surface area is 172 Å². The predicted octanol–water partition coefficient (Wildman–Crippen LogP) is 2.65. The summed E-state index contributed by atoms with van der Waals surface area (Å²) in [5.74, 6) is 0.0129. The molecule has 152 valence electrons. The number of nitrogens with zero attached hydrogens (tertiary/aromatic N) is 4. The Morgan fingerprint density at radius 2 is 1.10 bits per heavy atom. The van der Waals surface area contributed by atoms with Crippen LogP contribution in [0.25, 0.3) is 22.2 Å². The molecule has 0 unspecified atom stereocenters. The Hall–Kier alpha value is -3.36. The number of para-hydroxylation sites is 4. The van der Waals surface area contributed by atoms with Crippen molar-refractivity contribution in [1.82, 2.24) is 19.8 Å². The van der Waals surface area contributed by atoms with Gasteiger partial charge in [0.25, 0.3) is 11.8 Å². The van der Waals surface area contributed by atoms with Crippen LogP contribution in [0.3, 0.4) is 0 Å². The second-order valence-corrected chi connectivity index (χ2v) is 7.37. The van der Waals surface area contributed by atoms with Gasteiger partial charge in [0, 0.05) is 26.2 Å². The van der Waals surface area contributed by atoms with Crippen LogP contribution in [0.15, 0.2) is 57.4 Å². The average molecular weight is 404 g/mol. The highest BCUT2D eigenvalue weighted by Crippen LogP contribution is 2.17. The van der Waals surface area contributed by atoms with Gasteiger partial charge in [0.15, 0.2) is 11.2 Å². The zero-order valence-corrected chi connectivity index (χ0v) is 16.3. The lowest BCUT2D eigenvalue weighted by atomic mass is 10.2. The molecule has 2 aromatic carbocycles. The fraction of sp³-hybridized carbons (Fsp3) is 0.273. The first-order chi connectivity index (χ1) is 14.7. The number of piperazine rings is 1. The topological polar surface area (TPSA) is 92.7 Å². The third-order valence-electron chi connectivity index (χ3n) is 5.26. The molecule has 0 aliphatic carbocycles. The zero-order valence-electron chi connectivity index (χ0n) is 16.3. The van der Waals surface area contributed by atoms with Crippen LogP contribution in [-0.2, 0) is 0 Å². The molecule has 8 nitrogen and oxygen atoms in total. The van der Waals surface area contributed by atoms with Gasteiger partial charge in [0.05, 0.1) is 13.1 Å². The van der Waals surface area contributed by atoms with E-state index in [0.29, 0.717) is 48.4 Å². The third-order valence-corrected chi connectivity index (χ3v) is 5.26. The van der Waals surface area contributed by atoms with E-state index in [4.69, 9.17) is 8.83 Å². The second kappa shape index (κ2) is 7.81. The third kappa shape index (κ3) is 3.74. The first kappa shape index (κ1) is 18.7. The minimum Gasteiger partial charge on any atom is -0.434 e. The number of hydrogen-bond acceptors (Lipinski definition) is 8. The average Bonchev–Trinajstić information content (AvgIpc) is 3.39. The van der Waals surface area contributed by atoms with E-state index in [-0.39, 0.29) is 36.4 Å². The molecule has 3 heterocycles. The Bertz CT molecular complexity index is 1060. The summed E-state index contributed by atoms with van der Waals surface area (Å²) in [6, 6.07) is 14.7. The van der Waals surface area contributed by atoms with Crippen LogP contribution in [0, 0.1) is 0 Å². The van der Waals surface area contributed by atoms with Crippen LogP contribution in [-0.4, -0.2) is 70.6 Å². The van der Waals surface area contributed by atoms with E-state index in [2.05, 4.69) is 19.8 Å². The van der Waals surface area contributed by atoms with Crippen LogP contribution >= 0.6 is 0 Å². The lowest BCUT2D eigenvalue weighted by molar-refractivity contribution is 0.0753. The monoisotopic (exact) mass is 404 g/mol. The van der Waals surface area contributed by atoms with Crippen molar-refractivity contribution in [2.45, 2.75) is 0 Å². The Kier molecular flexibility index (Phi) is 4.86. The summed E-state index contributed by atoms with van der Waals surface area (Å²) in [6.07, 6.45) is 0. The first-order valence-electron chi connectivity index (χ1n) is 9.88. The first-order valence-corrected chi connectivity index (χ1v) is 9.88. The molecule has 8 heteroatoms. The normalized spacial score (nSPS) is 15.7. The van der Waals surface area contributed by atoms with Gasteiger partial charge in [-0.2, -0.15) is 0 Å². The second-order valence-electron chi connectivity index (χ2n) is 7.37. The van der Waals surface area contributed by atoms with Gasteiger partial charge in [-0.1, -0.05) is 24.3 Å². The number of carbonyl (C=O) groups excluding carboxylic acids is 2. The largest absolute Gasteiger partial charge is 0.434 e. The van der Waals surface area contributed by atoms with E-state index >= 15 is 0 Å². The maximum Gasteiger partial charge on any atom is 0.265 e. The number of ketones is 2. The fourth-order valence-corrected chi connectivity index (χ4v) is 3.63. The van der Waals surface area contributed by atoms with Gasteiger partial charge < -0.3 is 8.83 Å². The number of carbonyl (C=O) groups is 2. The van der Waals surface area contributed by atoms with E-state index < -0.39 is 0 Å². The van der Waals surface area contributed by atoms with E-state index in [1.165, 1.54) is 0 Å². The number of aromatic nitrogens is 2. The van der Waals surface area contributed by atoms with E-state index in [1.807, 2.05) is 36.4 Å². The number of Topliss-reactive ketones (excluding diaryl/α,β-unsaturated/α-hetero) is 2. The highest BCUT2D eigenvalue weighted by molar-refractivity contribution is 5.96. The van der Waals surface area contributed by atoms with Crippen molar-refractivity contribution in [3.05, 3.63) is 60.3 Å². The van der Waals surface area contributed by atoms with Crippen molar-refractivity contribution in [1.29, 1.82) is 0 Å². The molecule has 1 aliphatic heterocycles. The lowest BCUT2D eigenvalue weighted by Gasteiger charge is -2.33. The number of rotatable bonds is 6. The SMILES string of the molecule is O=C(CN1CCN(CC(=O)c2nc3ccccc3o2)CC1)c1nc2ccccc2o1. The fourth-order valence-electron chi connectivity index (χ4n) is 3.63. The number of hydrogen-bond donors (Lipinski definition) is 0. The van der Waals surface area contributed by atoms with E-state index in [9.17, 15) is 9.59 Å². The van der Waals surface area contributed by atoms with Crippen LogP contribution in [0.2, 0.25) is 0 Å². The van der Waals surface area contributed by atoms with Crippen molar-refractivity contribution in [2.24, 2.45) is 0 Å². The Morgan fingerprint density at radius 1 is 0.700 bits per heavy atom. The highest BCUT2D eigenvalue weighted by Gasteiger charge is 2.24. The Morgan fingerprint density at radius 3 is 1.50 bits per heavy atom. The van der Waals surface area contributed by atoms with Gasteiger partial charge in [-0.15, -0.1) is 0 Å². The van der Waals surface area contributed by atoms with Crippen LogP contribution < -0.4 is 0 Å². The van der Waals surface area contributed by atoms with Crippen LogP contribution in [0.4, 0.5) is 0 Å². The summed E-state index contributed by atoms with van der Waals surface area (Å²) in [5.41, 5.74) is 2.60. The van der Waals surface area contributed by atoms with E-state index in [0.717, 1.165) is 0 Å². The molecular formula is C22H20N4O4. The van der Waals surface area contributed by atoms with Crippen molar-refractivity contribution in [3.63, 3.8) is 0 Å². The lowest BCUT2D eigenvalue weighted by Crippen LogP contribution is -2.49. The van der Waals surface area contributed by atoms with Gasteiger partial charge in [0.2, 0.25) is 11.6 Å². The number of benzene rings is 2. The van der Waals surface area contributed by atoms with Crippen molar-refractivity contribution in [2.75, 3.05) is 39.3 Å². The smallest absolute Gasteiger partial charge is 0.265 e. The summed E-state index contributed by atoms with van der Waals surface area (Å²) in [4.78, 5) is 37.7. The quantitative estimate of drug-likeness (QED) is 0.453. The molecule has 0 radical (unpaired) electrons. The van der Waals surface area contributed by atoms with Gasteiger partial charge in [-0.25, -0.2) is 9.97 Å². The summed E-state index contributed by atoms with van der Waals surface area (Å²) >= 11 is 0. The zero-order chi connectivity index (χ0) is 20.5. The maximum absolute atomic E-state index is 12.5. The number of oxazole rings is 2. The minimum atomic E-state index is -0.137. The minimum absolute atomic E-state index is 0.137. The molecule has 1 fully saturated rings. The van der Waals surface area contributed by atoms with Crippen LogP contribution in [0.1, 0.15) is 21.4 Å². The van der Waals surface area contributed by atoms with Crippen molar-refractivity contribution >= 4 is 33.8 Å². The van der Waals surface area contributed by atoms with Crippen molar-refractivity contribution < 1.29 is 18.4 Å². The van der Waals surface area contributed by atoms with Crippen LogP contribution in [0.5, 0.6) is 0 Å². The highest BCUT2D eigenvalue weighted by atomic mass is 16.4. The molecule has 4 aromatic rings. The van der Waals surface area contributed by atoms with Crippen molar-refractivity contribution in [3.8, 4) is 0 Å². The van der Waals surface area contributed by atoms with Gasteiger partial charge in [-0.05, 0) is 24.3 Å². The molecule has 0 spiro atoms. The number of fused-ring (bicyclic) bond motifs is 2. The van der Waals surface area contributed by atoms with Gasteiger partial charge >= 0.3 is 0 Å². The molecule has 2 aromatic heterocycles. The van der Waals surface area contributed by atoms with E-state index in [1.54, 1.807) is 12.1 Å². The summed E-state index contributed by atoms with van der Waals surface area (Å²) in [7, 11) is 0. The molecule has 0 N–H and O–H groups in total. The molecule has 1 saturated heterocycles. The molecule has 5 rings (SSSR count). The molecule has 0 bridgehead atoms. The summed E-state index contributed by atoms with van der Waals surface area (Å²) in [6.45, 7) is 3.25. The molecule has 0 saturated carbocycles. The molecule has 0 atom stereocenters. The molecule has 1 aliphatic rings. The molecular weight excluding hydrogens is 384 g/mol. The standard InChI is InChI=1S/C22H20N4O4/c27-17(21-23-15-5-1-3-7-19(15)29-21)13-25-9-11-26(12-10-25)14-18(28)22-24-16-6-2-4-8-20(16)30-22/h1-8H,9-14H2. The summed E-state index contributed by atoms with van der Waals surface area (Å²) < 4.78 is 11.1.